The van der Waals surface area contributed by atoms with Crippen molar-refractivity contribution in [3.8, 4) is 0 Å². The minimum absolute atomic E-state index is 0.197. The molecule has 1 aromatic heterocycles. The first-order valence-electron chi connectivity index (χ1n) is 6.51. The van der Waals surface area contributed by atoms with Crippen LogP contribution in [0, 0.1) is 0 Å². The lowest BCUT2D eigenvalue weighted by molar-refractivity contribution is 0.514. The van der Waals surface area contributed by atoms with Crippen molar-refractivity contribution in [1.82, 2.24) is 4.98 Å². The second-order valence-corrected chi connectivity index (χ2v) is 5.19. The molecule has 1 aliphatic rings. The van der Waals surface area contributed by atoms with Crippen LogP contribution in [0.25, 0.3) is 0 Å². The fourth-order valence-corrected chi connectivity index (χ4v) is 2.75. The Labute approximate surface area is 108 Å². The molecule has 2 heteroatoms. The molecule has 92 valence electrons. The van der Waals surface area contributed by atoms with Gasteiger partial charge in [-0.2, -0.15) is 0 Å². The molecule has 0 radical (unpaired) electrons. The summed E-state index contributed by atoms with van der Waals surface area (Å²) >= 11 is 0. The van der Waals surface area contributed by atoms with Gasteiger partial charge in [-0.15, -0.1) is 0 Å². The molecule has 0 saturated heterocycles. The van der Waals surface area contributed by atoms with Crippen molar-refractivity contribution in [1.29, 1.82) is 0 Å². The first-order valence-corrected chi connectivity index (χ1v) is 6.51. The van der Waals surface area contributed by atoms with Crippen molar-refractivity contribution >= 4 is 0 Å². The van der Waals surface area contributed by atoms with E-state index in [1.54, 1.807) is 0 Å². The van der Waals surface area contributed by atoms with Gasteiger partial charge in [0.05, 0.1) is 0 Å². The van der Waals surface area contributed by atoms with Crippen LogP contribution < -0.4 is 5.73 Å². The average Bonchev–Trinajstić information content (AvgIpc) is 3.22. The van der Waals surface area contributed by atoms with E-state index in [1.165, 1.54) is 24.0 Å². The van der Waals surface area contributed by atoms with Crippen molar-refractivity contribution in [2.24, 2.45) is 5.73 Å². The van der Waals surface area contributed by atoms with Crippen LogP contribution in [0.2, 0.25) is 0 Å². The maximum absolute atomic E-state index is 6.46. The summed E-state index contributed by atoms with van der Waals surface area (Å²) in [6.45, 7) is 0. The number of rotatable bonds is 4. The zero-order valence-corrected chi connectivity index (χ0v) is 10.4. The topological polar surface area (TPSA) is 38.9 Å². The maximum Gasteiger partial charge on any atom is 0.0270 e. The highest BCUT2D eigenvalue weighted by atomic mass is 14.7. The zero-order valence-electron chi connectivity index (χ0n) is 10.4. The molecule has 0 spiro atoms. The van der Waals surface area contributed by atoms with Crippen LogP contribution >= 0.6 is 0 Å². The van der Waals surface area contributed by atoms with Gasteiger partial charge in [0, 0.05) is 23.9 Å². The van der Waals surface area contributed by atoms with Crippen molar-refractivity contribution in [2.45, 2.75) is 30.7 Å². The van der Waals surface area contributed by atoms with Gasteiger partial charge in [0.2, 0.25) is 0 Å². The summed E-state index contributed by atoms with van der Waals surface area (Å²) in [5, 5.41) is 0. The van der Waals surface area contributed by atoms with Gasteiger partial charge in [0.15, 0.2) is 0 Å². The van der Waals surface area contributed by atoms with Gasteiger partial charge in [-0.1, -0.05) is 30.3 Å². The van der Waals surface area contributed by atoms with Gasteiger partial charge in [-0.25, -0.2) is 0 Å². The Morgan fingerprint density at radius 3 is 2.33 bits per heavy atom. The van der Waals surface area contributed by atoms with Gasteiger partial charge >= 0.3 is 0 Å². The number of hydrogen-bond donors (Lipinski definition) is 1. The normalized spacial score (nSPS) is 18.3. The SMILES string of the molecule is NC(Cc1ccncc1)C1(c2ccccc2)CC1. The molecule has 2 N–H and O–H groups in total. The van der Waals surface area contributed by atoms with Gasteiger partial charge < -0.3 is 5.73 Å². The molecule has 1 unspecified atom stereocenters. The van der Waals surface area contributed by atoms with Crippen LogP contribution in [0.1, 0.15) is 24.0 Å². The zero-order chi connectivity index (χ0) is 12.4. The van der Waals surface area contributed by atoms with E-state index in [0.29, 0.717) is 0 Å². The molecule has 1 aromatic carbocycles. The Hall–Kier alpha value is -1.67. The third-order valence-corrected chi connectivity index (χ3v) is 4.05. The maximum atomic E-state index is 6.46. The molecule has 2 aromatic rings. The van der Waals surface area contributed by atoms with E-state index in [-0.39, 0.29) is 11.5 Å². The Kier molecular flexibility index (Phi) is 2.88. The molecule has 1 atom stereocenters. The second kappa shape index (κ2) is 4.54. The van der Waals surface area contributed by atoms with Crippen LogP contribution in [0.4, 0.5) is 0 Å². The molecule has 1 aliphatic carbocycles. The van der Waals surface area contributed by atoms with E-state index in [1.807, 2.05) is 12.4 Å². The summed E-state index contributed by atoms with van der Waals surface area (Å²) in [6.07, 6.45) is 7.03. The first-order chi connectivity index (χ1) is 8.81. The largest absolute Gasteiger partial charge is 0.327 e. The van der Waals surface area contributed by atoms with Crippen LogP contribution in [0.15, 0.2) is 54.9 Å². The lowest BCUT2D eigenvalue weighted by Gasteiger charge is -2.24. The van der Waals surface area contributed by atoms with Gasteiger partial charge in [0.25, 0.3) is 0 Å². The minimum atomic E-state index is 0.197. The quantitative estimate of drug-likeness (QED) is 0.889. The van der Waals surface area contributed by atoms with Crippen LogP contribution in [0.5, 0.6) is 0 Å². The van der Waals surface area contributed by atoms with Gasteiger partial charge in [-0.05, 0) is 42.5 Å². The van der Waals surface area contributed by atoms with Crippen LogP contribution in [-0.2, 0) is 11.8 Å². The summed E-state index contributed by atoms with van der Waals surface area (Å²) in [6, 6.07) is 15.0. The highest BCUT2D eigenvalue weighted by molar-refractivity contribution is 5.34. The van der Waals surface area contributed by atoms with Crippen LogP contribution in [-0.4, -0.2) is 11.0 Å². The Morgan fingerprint density at radius 1 is 1.06 bits per heavy atom. The van der Waals surface area contributed by atoms with E-state index in [0.717, 1.165) is 6.42 Å². The minimum Gasteiger partial charge on any atom is -0.327 e. The molecule has 1 saturated carbocycles. The van der Waals surface area contributed by atoms with E-state index in [4.69, 9.17) is 5.73 Å². The van der Waals surface area contributed by atoms with Crippen molar-refractivity contribution < 1.29 is 0 Å². The predicted molar refractivity (Wildman–Crippen MR) is 73.3 cm³/mol. The summed E-state index contributed by atoms with van der Waals surface area (Å²) < 4.78 is 0. The van der Waals surface area contributed by atoms with Gasteiger partial charge in [0.1, 0.15) is 0 Å². The number of aromatic nitrogens is 1. The molecule has 3 rings (SSSR count). The average molecular weight is 238 g/mol. The summed E-state index contributed by atoms with van der Waals surface area (Å²) in [5.41, 5.74) is 9.34. The molecule has 0 amide bonds. The molecule has 18 heavy (non-hydrogen) atoms. The summed E-state index contributed by atoms with van der Waals surface area (Å²) in [7, 11) is 0. The molecule has 2 nitrogen and oxygen atoms in total. The molecule has 1 heterocycles. The number of hydrogen-bond acceptors (Lipinski definition) is 2. The van der Waals surface area contributed by atoms with E-state index in [9.17, 15) is 0 Å². The molecule has 0 aliphatic heterocycles. The molecule has 1 fully saturated rings. The first kappa shape index (κ1) is 11.4. The predicted octanol–water partition coefficient (Wildman–Crippen LogP) is 2.68. The lowest BCUT2D eigenvalue weighted by Crippen LogP contribution is -2.36. The Morgan fingerprint density at radius 2 is 1.72 bits per heavy atom. The molecule has 0 bridgehead atoms. The van der Waals surface area contributed by atoms with E-state index >= 15 is 0 Å². The highest BCUT2D eigenvalue weighted by Crippen LogP contribution is 2.50. The Balaban J connectivity index is 1.79. The summed E-state index contributed by atoms with van der Waals surface area (Å²) in [4.78, 5) is 4.05. The standard InChI is InChI=1S/C16H18N2/c17-15(12-13-6-10-18-11-7-13)16(8-9-16)14-4-2-1-3-5-14/h1-7,10-11,15H,8-9,12,17H2. The number of nitrogens with two attached hydrogens (primary N) is 1. The highest BCUT2D eigenvalue weighted by Gasteiger charge is 2.48. The van der Waals surface area contributed by atoms with Crippen LogP contribution in [0.3, 0.4) is 0 Å². The van der Waals surface area contributed by atoms with E-state index in [2.05, 4.69) is 47.4 Å². The van der Waals surface area contributed by atoms with Crippen molar-refractivity contribution in [3.63, 3.8) is 0 Å². The number of pyridine rings is 1. The van der Waals surface area contributed by atoms with Crippen molar-refractivity contribution in [3.05, 3.63) is 66.0 Å². The molecular formula is C16H18N2. The number of nitrogens with zero attached hydrogens (tertiary/aromatic N) is 1. The lowest BCUT2D eigenvalue weighted by atomic mass is 9.85. The second-order valence-electron chi connectivity index (χ2n) is 5.19. The third-order valence-electron chi connectivity index (χ3n) is 4.05. The molecular weight excluding hydrogens is 220 g/mol. The monoisotopic (exact) mass is 238 g/mol. The van der Waals surface area contributed by atoms with Gasteiger partial charge in [-0.3, -0.25) is 4.98 Å². The fraction of sp³-hybridized carbons (Fsp3) is 0.312. The number of benzene rings is 1. The van der Waals surface area contributed by atoms with E-state index < -0.39 is 0 Å². The van der Waals surface area contributed by atoms with Crippen molar-refractivity contribution in [2.75, 3.05) is 0 Å². The fourth-order valence-electron chi connectivity index (χ4n) is 2.75. The third kappa shape index (κ3) is 2.04. The smallest absolute Gasteiger partial charge is 0.0270 e. The summed E-state index contributed by atoms with van der Waals surface area (Å²) in [5.74, 6) is 0. The Bertz CT molecular complexity index is 503.